The van der Waals surface area contributed by atoms with Crippen LogP contribution in [0, 0.1) is 0 Å². The van der Waals surface area contributed by atoms with Gasteiger partial charge in [-0.15, -0.1) is 6.58 Å². The zero-order chi connectivity index (χ0) is 11.9. The van der Waals surface area contributed by atoms with Crippen molar-refractivity contribution in [2.45, 2.75) is 12.8 Å². The molecule has 0 amide bonds. The van der Waals surface area contributed by atoms with Crippen LogP contribution in [0.4, 0.5) is 0 Å². The van der Waals surface area contributed by atoms with Gasteiger partial charge in [0.15, 0.2) is 11.5 Å². The van der Waals surface area contributed by atoms with Crippen molar-refractivity contribution in [3.05, 3.63) is 36.4 Å². The van der Waals surface area contributed by atoms with E-state index in [0.29, 0.717) is 13.2 Å². The quantitative estimate of drug-likeness (QED) is 0.603. The molecule has 1 N–H and O–H groups in total. The number of ether oxygens (including phenoxy) is 2. The average Bonchev–Trinajstić information content (AvgIpc) is 2.38. The lowest BCUT2D eigenvalue weighted by Crippen LogP contribution is -2.18. The molecular weight excluding hydrogens is 214 g/mol. The standard InChI is InChI=1S/C14H19NO2/c1-2-3-7-15-8-6-12-4-5-13-14(11-12)17-10-9-16-13/h2,4-5,11,15H,1,3,6-10H2. The number of rotatable bonds is 6. The van der Waals surface area contributed by atoms with Gasteiger partial charge in [-0.2, -0.15) is 0 Å². The van der Waals surface area contributed by atoms with Gasteiger partial charge in [-0.05, 0) is 43.6 Å². The van der Waals surface area contributed by atoms with Gasteiger partial charge in [-0.25, -0.2) is 0 Å². The molecule has 1 heterocycles. The minimum atomic E-state index is 0.647. The summed E-state index contributed by atoms with van der Waals surface area (Å²) in [5.74, 6) is 1.74. The lowest BCUT2D eigenvalue weighted by molar-refractivity contribution is 0.171. The first-order valence-corrected chi connectivity index (χ1v) is 6.10. The van der Waals surface area contributed by atoms with Gasteiger partial charge in [-0.1, -0.05) is 12.1 Å². The van der Waals surface area contributed by atoms with E-state index in [2.05, 4.69) is 24.0 Å². The number of nitrogens with one attached hydrogen (secondary N) is 1. The van der Waals surface area contributed by atoms with Crippen molar-refractivity contribution in [1.29, 1.82) is 0 Å². The molecule has 3 nitrogen and oxygen atoms in total. The Morgan fingerprint density at radius 2 is 2.00 bits per heavy atom. The second kappa shape index (κ2) is 6.30. The molecular formula is C14H19NO2. The molecule has 0 atom stereocenters. The summed E-state index contributed by atoms with van der Waals surface area (Å²) in [7, 11) is 0. The lowest BCUT2D eigenvalue weighted by atomic mass is 10.1. The lowest BCUT2D eigenvalue weighted by Gasteiger charge is -2.18. The van der Waals surface area contributed by atoms with E-state index in [1.54, 1.807) is 0 Å². The molecule has 0 saturated carbocycles. The molecule has 1 aromatic carbocycles. The highest BCUT2D eigenvalue weighted by molar-refractivity contribution is 5.43. The minimum Gasteiger partial charge on any atom is -0.486 e. The Morgan fingerprint density at radius 1 is 1.18 bits per heavy atom. The molecule has 0 radical (unpaired) electrons. The topological polar surface area (TPSA) is 30.5 Å². The predicted octanol–water partition coefficient (Wildman–Crippen LogP) is 2.17. The van der Waals surface area contributed by atoms with Crippen molar-refractivity contribution in [3.8, 4) is 11.5 Å². The van der Waals surface area contributed by atoms with E-state index in [1.807, 2.05) is 12.1 Å². The van der Waals surface area contributed by atoms with E-state index in [4.69, 9.17) is 9.47 Å². The highest BCUT2D eigenvalue weighted by atomic mass is 16.6. The second-order valence-corrected chi connectivity index (χ2v) is 4.06. The summed E-state index contributed by atoms with van der Waals surface area (Å²) in [6, 6.07) is 6.17. The fourth-order valence-electron chi connectivity index (χ4n) is 1.81. The molecule has 17 heavy (non-hydrogen) atoms. The summed E-state index contributed by atoms with van der Waals surface area (Å²) in [5.41, 5.74) is 1.28. The monoisotopic (exact) mass is 233 g/mol. The zero-order valence-corrected chi connectivity index (χ0v) is 10.1. The van der Waals surface area contributed by atoms with Crippen LogP contribution in [0.15, 0.2) is 30.9 Å². The minimum absolute atomic E-state index is 0.647. The first-order valence-electron chi connectivity index (χ1n) is 6.10. The van der Waals surface area contributed by atoms with Gasteiger partial charge in [0.2, 0.25) is 0 Å². The summed E-state index contributed by atoms with van der Waals surface area (Å²) in [5, 5.41) is 3.37. The van der Waals surface area contributed by atoms with Crippen LogP contribution in [-0.4, -0.2) is 26.3 Å². The number of benzene rings is 1. The number of hydrogen-bond donors (Lipinski definition) is 1. The molecule has 3 heteroatoms. The molecule has 0 saturated heterocycles. The molecule has 0 aliphatic carbocycles. The van der Waals surface area contributed by atoms with Gasteiger partial charge in [-0.3, -0.25) is 0 Å². The Balaban J connectivity index is 1.82. The van der Waals surface area contributed by atoms with Crippen molar-refractivity contribution < 1.29 is 9.47 Å². The zero-order valence-electron chi connectivity index (χ0n) is 10.1. The Labute approximate surface area is 102 Å². The molecule has 1 aromatic rings. The Hall–Kier alpha value is -1.48. The first-order chi connectivity index (χ1) is 8.40. The Morgan fingerprint density at radius 3 is 2.82 bits per heavy atom. The van der Waals surface area contributed by atoms with Crippen molar-refractivity contribution in [2.75, 3.05) is 26.3 Å². The summed E-state index contributed by atoms with van der Waals surface area (Å²) in [6.45, 7) is 6.96. The van der Waals surface area contributed by atoms with Gasteiger partial charge in [0, 0.05) is 0 Å². The van der Waals surface area contributed by atoms with Crippen LogP contribution in [0.3, 0.4) is 0 Å². The normalized spacial score (nSPS) is 13.4. The summed E-state index contributed by atoms with van der Waals surface area (Å²) in [4.78, 5) is 0. The maximum atomic E-state index is 5.55. The molecule has 0 bridgehead atoms. The SMILES string of the molecule is C=CCCNCCc1ccc2c(c1)OCCO2. The van der Waals surface area contributed by atoms with E-state index in [0.717, 1.165) is 37.4 Å². The van der Waals surface area contributed by atoms with E-state index in [-0.39, 0.29) is 0 Å². The molecule has 2 rings (SSSR count). The third kappa shape index (κ3) is 3.49. The fraction of sp³-hybridized carbons (Fsp3) is 0.429. The van der Waals surface area contributed by atoms with Crippen LogP contribution in [0.5, 0.6) is 11.5 Å². The first kappa shape index (κ1) is 12.0. The number of fused-ring (bicyclic) bond motifs is 1. The maximum absolute atomic E-state index is 5.55. The summed E-state index contributed by atoms with van der Waals surface area (Å²) in [6.07, 6.45) is 3.95. The van der Waals surface area contributed by atoms with Crippen LogP contribution < -0.4 is 14.8 Å². The molecule has 0 aromatic heterocycles. The van der Waals surface area contributed by atoms with Gasteiger partial charge >= 0.3 is 0 Å². The van der Waals surface area contributed by atoms with Crippen molar-refractivity contribution in [2.24, 2.45) is 0 Å². The van der Waals surface area contributed by atoms with Gasteiger partial charge < -0.3 is 14.8 Å². The smallest absolute Gasteiger partial charge is 0.161 e. The average molecular weight is 233 g/mol. The van der Waals surface area contributed by atoms with Crippen LogP contribution in [-0.2, 0) is 6.42 Å². The molecule has 0 unspecified atom stereocenters. The van der Waals surface area contributed by atoms with Crippen LogP contribution in [0.25, 0.3) is 0 Å². The van der Waals surface area contributed by atoms with Crippen LogP contribution in [0.1, 0.15) is 12.0 Å². The van der Waals surface area contributed by atoms with Crippen LogP contribution in [0.2, 0.25) is 0 Å². The Bertz CT molecular complexity index is 376. The molecule has 0 spiro atoms. The maximum Gasteiger partial charge on any atom is 0.161 e. The largest absolute Gasteiger partial charge is 0.486 e. The second-order valence-electron chi connectivity index (χ2n) is 4.06. The third-order valence-electron chi connectivity index (χ3n) is 2.72. The van der Waals surface area contributed by atoms with E-state index in [1.165, 1.54) is 5.56 Å². The van der Waals surface area contributed by atoms with Crippen LogP contribution >= 0.6 is 0 Å². The molecule has 1 aliphatic heterocycles. The van der Waals surface area contributed by atoms with Gasteiger partial charge in [0.1, 0.15) is 13.2 Å². The van der Waals surface area contributed by atoms with E-state index < -0.39 is 0 Å². The van der Waals surface area contributed by atoms with Gasteiger partial charge in [0.25, 0.3) is 0 Å². The van der Waals surface area contributed by atoms with Gasteiger partial charge in [0.05, 0.1) is 0 Å². The summed E-state index contributed by atoms with van der Waals surface area (Å²) >= 11 is 0. The molecule has 1 aliphatic rings. The highest BCUT2D eigenvalue weighted by Crippen LogP contribution is 2.30. The van der Waals surface area contributed by atoms with Crippen molar-refractivity contribution >= 4 is 0 Å². The summed E-state index contributed by atoms with van der Waals surface area (Å²) < 4.78 is 11.0. The predicted molar refractivity (Wildman–Crippen MR) is 68.8 cm³/mol. The molecule has 0 fully saturated rings. The third-order valence-corrected chi connectivity index (χ3v) is 2.72. The van der Waals surface area contributed by atoms with Crippen molar-refractivity contribution in [1.82, 2.24) is 5.32 Å². The highest BCUT2D eigenvalue weighted by Gasteiger charge is 2.11. The Kier molecular flexibility index (Phi) is 4.45. The van der Waals surface area contributed by atoms with Crippen molar-refractivity contribution in [3.63, 3.8) is 0 Å². The number of hydrogen-bond acceptors (Lipinski definition) is 3. The molecule has 92 valence electrons. The fourth-order valence-corrected chi connectivity index (χ4v) is 1.81. The van der Waals surface area contributed by atoms with E-state index >= 15 is 0 Å². The van der Waals surface area contributed by atoms with E-state index in [9.17, 15) is 0 Å².